The van der Waals surface area contributed by atoms with E-state index in [2.05, 4.69) is 27.7 Å². The van der Waals surface area contributed by atoms with Crippen LogP contribution < -0.4 is 0 Å². The van der Waals surface area contributed by atoms with Crippen LogP contribution in [-0.4, -0.2) is 19.5 Å². The van der Waals surface area contributed by atoms with Gasteiger partial charge >= 0.3 is 0 Å². The van der Waals surface area contributed by atoms with Crippen molar-refractivity contribution < 1.29 is 9.47 Å². The lowest BCUT2D eigenvalue weighted by Gasteiger charge is -2.42. The molecule has 7 atom stereocenters. The molecule has 2 aliphatic carbocycles. The second kappa shape index (κ2) is 7.21. The molecule has 0 spiro atoms. The fourth-order valence-corrected chi connectivity index (χ4v) is 6.19. The van der Waals surface area contributed by atoms with Crippen LogP contribution in [0.15, 0.2) is 0 Å². The lowest BCUT2D eigenvalue weighted by molar-refractivity contribution is -0.177. The van der Waals surface area contributed by atoms with Crippen molar-refractivity contribution in [3.63, 3.8) is 0 Å². The molecule has 1 heterocycles. The van der Waals surface area contributed by atoms with Crippen LogP contribution >= 0.6 is 0 Å². The van der Waals surface area contributed by atoms with E-state index in [4.69, 9.17) is 9.47 Å². The highest BCUT2D eigenvalue weighted by Crippen LogP contribution is 2.61. The van der Waals surface area contributed by atoms with Crippen molar-refractivity contribution in [2.24, 2.45) is 41.4 Å². The van der Waals surface area contributed by atoms with E-state index in [1.807, 2.05) is 0 Å². The third-order valence-electron chi connectivity index (χ3n) is 6.98. The van der Waals surface area contributed by atoms with Crippen molar-refractivity contribution in [2.45, 2.75) is 72.5 Å². The molecule has 0 aromatic heterocycles. The Kier molecular flexibility index (Phi) is 5.50. The molecule has 2 bridgehead atoms. The summed E-state index contributed by atoms with van der Waals surface area (Å²) in [5.74, 6) is 6.21. The highest BCUT2D eigenvalue weighted by atomic mass is 16.7. The van der Waals surface area contributed by atoms with Gasteiger partial charge in [0.15, 0.2) is 6.29 Å². The minimum atomic E-state index is 0.0880. The summed E-state index contributed by atoms with van der Waals surface area (Å²) in [6.07, 6.45) is 7.85. The van der Waals surface area contributed by atoms with Gasteiger partial charge in [-0.2, -0.15) is 0 Å². The molecule has 128 valence electrons. The van der Waals surface area contributed by atoms with Crippen LogP contribution in [0, 0.1) is 41.4 Å². The summed E-state index contributed by atoms with van der Waals surface area (Å²) < 4.78 is 12.0. The predicted molar refractivity (Wildman–Crippen MR) is 90.5 cm³/mol. The largest absolute Gasteiger partial charge is 0.353 e. The zero-order valence-electron chi connectivity index (χ0n) is 15.1. The van der Waals surface area contributed by atoms with Crippen LogP contribution in [0.4, 0.5) is 0 Å². The highest BCUT2D eigenvalue weighted by Gasteiger charge is 2.56. The van der Waals surface area contributed by atoms with E-state index in [1.165, 1.54) is 32.1 Å². The Morgan fingerprint density at radius 3 is 2.59 bits per heavy atom. The molecule has 1 saturated heterocycles. The molecule has 7 unspecified atom stereocenters. The summed E-state index contributed by atoms with van der Waals surface area (Å²) in [7, 11) is 0. The van der Waals surface area contributed by atoms with Crippen LogP contribution in [0.2, 0.25) is 0 Å². The van der Waals surface area contributed by atoms with E-state index in [0.29, 0.717) is 0 Å². The van der Waals surface area contributed by atoms with E-state index in [1.54, 1.807) is 0 Å². The minimum absolute atomic E-state index is 0.0880. The van der Waals surface area contributed by atoms with Crippen LogP contribution in [0.5, 0.6) is 0 Å². The Balaban J connectivity index is 1.64. The Labute approximate surface area is 137 Å². The Hall–Kier alpha value is -0.0800. The van der Waals surface area contributed by atoms with Crippen LogP contribution in [-0.2, 0) is 9.47 Å². The van der Waals surface area contributed by atoms with Crippen molar-refractivity contribution >= 4 is 0 Å². The minimum Gasteiger partial charge on any atom is -0.353 e. The van der Waals surface area contributed by atoms with Crippen LogP contribution in [0.3, 0.4) is 0 Å². The zero-order chi connectivity index (χ0) is 15.7. The molecule has 2 heteroatoms. The van der Waals surface area contributed by atoms with Crippen molar-refractivity contribution in [3.8, 4) is 0 Å². The maximum Gasteiger partial charge on any atom is 0.157 e. The van der Waals surface area contributed by atoms with Gasteiger partial charge in [-0.05, 0) is 67.1 Å². The molecule has 0 radical (unpaired) electrons. The van der Waals surface area contributed by atoms with E-state index in [0.717, 1.165) is 61.1 Å². The van der Waals surface area contributed by atoms with Crippen molar-refractivity contribution in [2.75, 3.05) is 13.2 Å². The maximum absolute atomic E-state index is 6.24. The lowest BCUT2D eigenvalue weighted by atomic mass is 9.65. The quantitative estimate of drug-likeness (QED) is 0.678. The summed E-state index contributed by atoms with van der Waals surface area (Å²) in [4.78, 5) is 0. The van der Waals surface area contributed by atoms with Gasteiger partial charge in [0.05, 0.1) is 6.61 Å². The fraction of sp³-hybridized carbons (Fsp3) is 1.00. The molecule has 2 nitrogen and oxygen atoms in total. The molecule has 3 aliphatic rings. The molecular weight excluding hydrogens is 272 g/mol. The second-order valence-electron chi connectivity index (χ2n) is 8.49. The molecule has 0 aromatic rings. The number of hydrogen-bond acceptors (Lipinski definition) is 2. The van der Waals surface area contributed by atoms with E-state index < -0.39 is 0 Å². The highest BCUT2D eigenvalue weighted by molar-refractivity contribution is 5.04. The van der Waals surface area contributed by atoms with Gasteiger partial charge in [-0.1, -0.05) is 40.5 Å². The third-order valence-corrected chi connectivity index (χ3v) is 6.98. The first-order valence-electron chi connectivity index (χ1n) is 9.86. The summed E-state index contributed by atoms with van der Waals surface area (Å²) in [6, 6.07) is 0. The molecule has 2 saturated carbocycles. The second-order valence-corrected chi connectivity index (χ2v) is 8.49. The first kappa shape index (κ1) is 16.8. The molecule has 0 amide bonds. The topological polar surface area (TPSA) is 18.5 Å². The normalized spacial score (nSPS) is 44.9. The number of ether oxygens (including phenoxy) is 2. The van der Waals surface area contributed by atoms with Gasteiger partial charge in [0.25, 0.3) is 0 Å². The van der Waals surface area contributed by atoms with Gasteiger partial charge in [-0.25, -0.2) is 0 Å². The molecule has 3 fully saturated rings. The third kappa shape index (κ3) is 3.11. The SMILES string of the molecule is CCCC1C2CC(C1COC1CCCCO1)C(C(C)C)C2C. The average Bonchev–Trinajstić information content (AvgIpc) is 3.01. The fourth-order valence-electron chi connectivity index (χ4n) is 6.19. The Morgan fingerprint density at radius 1 is 1.14 bits per heavy atom. The van der Waals surface area contributed by atoms with Gasteiger partial charge in [0.2, 0.25) is 0 Å². The van der Waals surface area contributed by atoms with Crippen molar-refractivity contribution in [1.29, 1.82) is 0 Å². The summed E-state index contributed by atoms with van der Waals surface area (Å²) in [6.45, 7) is 11.6. The molecule has 1 aliphatic heterocycles. The molecule has 22 heavy (non-hydrogen) atoms. The summed E-state index contributed by atoms with van der Waals surface area (Å²) in [5, 5.41) is 0. The summed E-state index contributed by atoms with van der Waals surface area (Å²) in [5.41, 5.74) is 0. The number of rotatable bonds is 6. The Morgan fingerprint density at radius 2 is 1.95 bits per heavy atom. The molecule has 0 N–H and O–H groups in total. The van der Waals surface area contributed by atoms with Crippen LogP contribution in [0.1, 0.15) is 66.2 Å². The van der Waals surface area contributed by atoms with Crippen LogP contribution in [0.25, 0.3) is 0 Å². The Bertz CT molecular complexity index is 348. The van der Waals surface area contributed by atoms with E-state index >= 15 is 0 Å². The van der Waals surface area contributed by atoms with Gasteiger partial charge in [0, 0.05) is 6.61 Å². The van der Waals surface area contributed by atoms with E-state index in [-0.39, 0.29) is 6.29 Å². The van der Waals surface area contributed by atoms with Gasteiger partial charge in [0.1, 0.15) is 0 Å². The molecular formula is C20H36O2. The van der Waals surface area contributed by atoms with E-state index in [9.17, 15) is 0 Å². The maximum atomic E-state index is 6.24. The smallest absolute Gasteiger partial charge is 0.157 e. The number of fused-ring (bicyclic) bond motifs is 2. The first-order valence-corrected chi connectivity index (χ1v) is 9.86. The van der Waals surface area contributed by atoms with Crippen molar-refractivity contribution in [1.82, 2.24) is 0 Å². The van der Waals surface area contributed by atoms with Crippen molar-refractivity contribution in [3.05, 3.63) is 0 Å². The monoisotopic (exact) mass is 308 g/mol. The van der Waals surface area contributed by atoms with Gasteiger partial charge in [-0.3, -0.25) is 0 Å². The van der Waals surface area contributed by atoms with Gasteiger partial charge in [-0.15, -0.1) is 0 Å². The number of hydrogen-bond donors (Lipinski definition) is 0. The standard InChI is InChI=1S/C20H36O2/c1-5-8-15-16-11-17(20(13(2)3)14(16)4)18(15)12-22-19-9-6-7-10-21-19/h13-20H,5-12H2,1-4H3. The summed E-state index contributed by atoms with van der Waals surface area (Å²) >= 11 is 0. The molecule has 0 aromatic carbocycles. The van der Waals surface area contributed by atoms with Gasteiger partial charge < -0.3 is 9.47 Å². The lowest BCUT2D eigenvalue weighted by Crippen LogP contribution is -2.39. The zero-order valence-corrected chi connectivity index (χ0v) is 15.1. The predicted octanol–water partition coefficient (Wildman–Crippen LogP) is 5.12. The first-order chi connectivity index (χ1) is 10.6. The average molecular weight is 309 g/mol. The molecule has 3 rings (SSSR count).